The Kier molecular flexibility index (Phi) is 4.02. The molecule has 2 N–H and O–H groups in total. The summed E-state index contributed by atoms with van der Waals surface area (Å²) in [5, 5.41) is 12.6. The predicted octanol–water partition coefficient (Wildman–Crippen LogP) is 2.18. The molecule has 1 aromatic rings. The van der Waals surface area contributed by atoms with Gasteiger partial charge < -0.3 is 15.2 Å². The molecule has 3 heteroatoms. The van der Waals surface area contributed by atoms with Crippen LogP contribution in [0.2, 0.25) is 0 Å². The molecule has 0 aromatic heterocycles. The monoisotopic (exact) mass is 235 g/mol. The third kappa shape index (κ3) is 2.99. The van der Waals surface area contributed by atoms with Crippen LogP contribution in [0.3, 0.4) is 0 Å². The van der Waals surface area contributed by atoms with Crippen molar-refractivity contribution in [3.05, 3.63) is 29.3 Å². The maximum Gasteiger partial charge on any atom is 0.124 e. The van der Waals surface area contributed by atoms with E-state index in [4.69, 9.17) is 9.84 Å². The average molecular weight is 235 g/mol. The number of rotatable bonds is 3. The highest BCUT2D eigenvalue weighted by Crippen LogP contribution is 2.32. The summed E-state index contributed by atoms with van der Waals surface area (Å²) in [7, 11) is 0. The Morgan fingerprint density at radius 2 is 2.35 bits per heavy atom. The molecule has 0 fully saturated rings. The molecule has 1 aliphatic heterocycles. The minimum absolute atomic E-state index is 0.117. The maximum atomic E-state index is 9.14. The van der Waals surface area contributed by atoms with Crippen LogP contribution in [0.4, 0.5) is 0 Å². The summed E-state index contributed by atoms with van der Waals surface area (Å²) in [6.45, 7) is 5.04. The Morgan fingerprint density at radius 1 is 1.53 bits per heavy atom. The summed E-state index contributed by atoms with van der Waals surface area (Å²) in [5.41, 5.74) is 2.47. The molecule has 0 saturated carbocycles. The van der Waals surface area contributed by atoms with Crippen LogP contribution in [0.25, 0.3) is 0 Å². The molecule has 1 aromatic carbocycles. The number of hydrogen-bond acceptors (Lipinski definition) is 3. The molecule has 0 spiro atoms. The van der Waals surface area contributed by atoms with Gasteiger partial charge in [-0.15, -0.1) is 0 Å². The summed E-state index contributed by atoms with van der Waals surface area (Å²) in [6.07, 6.45) is 2.10. The van der Waals surface area contributed by atoms with Gasteiger partial charge >= 0.3 is 0 Å². The lowest BCUT2D eigenvalue weighted by Crippen LogP contribution is -2.33. The van der Waals surface area contributed by atoms with Gasteiger partial charge in [0.25, 0.3) is 0 Å². The zero-order valence-electron chi connectivity index (χ0n) is 10.6. The predicted molar refractivity (Wildman–Crippen MR) is 68.3 cm³/mol. The van der Waals surface area contributed by atoms with Gasteiger partial charge in [-0.1, -0.05) is 17.7 Å². The van der Waals surface area contributed by atoms with Gasteiger partial charge in [0.15, 0.2) is 0 Å². The fourth-order valence-electron chi connectivity index (χ4n) is 2.27. The molecular formula is C14H21NO2. The lowest BCUT2D eigenvalue weighted by atomic mass is 9.99. The van der Waals surface area contributed by atoms with E-state index in [1.54, 1.807) is 0 Å². The summed E-state index contributed by atoms with van der Waals surface area (Å²) < 4.78 is 5.75. The van der Waals surface area contributed by atoms with E-state index in [2.05, 4.69) is 24.4 Å². The number of aliphatic hydroxyl groups excluding tert-OH is 1. The van der Waals surface area contributed by atoms with E-state index in [0.717, 1.165) is 25.2 Å². The van der Waals surface area contributed by atoms with Crippen LogP contribution in [0.1, 0.15) is 36.9 Å². The number of hydrogen-bond donors (Lipinski definition) is 2. The minimum Gasteiger partial charge on any atom is -0.493 e. The summed E-state index contributed by atoms with van der Waals surface area (Å²) in [6, 6.07) is 6.72. The van der Waals surface area contributed by atoms with E-state index >= 15 is 0 Å². The number of aliphatic hydroxyl groups is 1. The Morgan fingerprint density at radius 3 is 3.12 bits per heavy atom. The van der Waals surface area contributed by atoms with Gasteiger partial charge in [0, 0.05) is 17.6 Å². The van der Waals surface area contributed by atoms with E-state index in [1.165, 1.54) is 11.1 Å². The highest BCUT2D eigenvalue weighted by molar-refractivity contribution is 5.39. The fourth-order valence-corrected chi connectivity index (χ4v) is 2.27. The normalized spacial score (nSPS) is 21.2. The highest BCUT2D eigenvalue weighted by Gasteiger charge is 2.20. The van der Waals surface area contributed by atoms with E-state index in [0.29, 0.717) is 0 Å². The quantitative estimate of drug-likeness (QED) is 0.843. The van der Waals surface area contributed by atoms with Crippen LogP contribution < -0.4 is 10.1 Å². The van der Waals surface area contributed by atoms with Crippen molar-refractivity contribution in [1.82, 2.24) is 5.32 Å². The fraction of sp³-hybridized carbons (Fsp3) is 0.571. The number of aryl methyl sites for hydroxylation is 1. The van der Waals surface area contributed by atoms with Crippen molar-refractivity contribution in [2.24, 2.45) is 0 Å². The van der Waals surface area contributed by atoms with Gasteiger partial charge in [-0.25, -0.2) is 0 Å². The zero-order valence-corrected chi connectivity index (χ0v) is 10.6. The molecule has 17 heavy (non-hydrogen) atoms. The van der Waals surface area contributed by atoms with Crippen molar-refractivity contribution in [3.8, 4) is 5.75 Å². The van der Waals surface area contributed by atoms with Crippen LogP contribution in [-0.4, -0.2) is 24.4 Å². The van der Waals surface area contributed by atoms with E-state index in [9.17, 15) is 0 Å². The molecule has 0 saturated heterocycles. The molecule has 94 valence electrons. The molecule has 2 atom stereocenters. The summed E-state index contributed by atoms with van der Waals surface area (Å²) in [4.78, 5) is 0. The second-order valence-corrected chi connectivity index (χ2v) is 4.83. The zero-order chi connectivity index (χ0) is 12.3. The standard InChI is InChI=1S/C14H21NO2/c1-10-5-6-14-12(8-10)13(4-3-7-17-14)15-11(2)9-16/h5-6,8,11,13,15-16H,3-4,7,9H2,1-2H3/t11-,13?/m1/s1. The molecular weight excluding hydrogens is 214 g/mol. The van der Waals surface area contributed by atoms with Crippen LogP contribution >= 0.6 is 0 Å². The van der Waals surface area contributed by atoms with Crippen molar-refractivity contribution < 1.29 is 9.84 Å². The van der Waals surface area contributed by atoms with E-state index in [-0.39, 0.29) is 18.7 Å². The molecule has 0 aliphatic carbocycles. The van der Waals surface area contributed by atoms with Gasteiger partial charge in [0.1, 0.15) is 5.75 Å². The maximum absolute atomic E-state index is 9.14. The number of ether oxygens (including phenoxy) is 1. The van der Waals surface area contributed by atoms with Crippen LogP contribution in [0, 0.1) is 6.92 Å². The van der Waals surface area contributed by atoms with E-state index < -0.39 is 0 Å². The first-order chi connectivity index (χ1) is 8.20. The average Bonchev–Trinajstić information content (AvgIpc) is 2.52. The van der Waals surface area contributed by atoms with Gasteiger partial charge in [-0.3, -0.25) is 0 Å². The third-order valence-corrected chi connectivity index (χ3v) is 3.19. The van der Waals surface area contributed by atoms with Crippen molar-refractivity contribution in [2.45, 2.75) is 38.8 Å². The molecule has 0 bridgehead atoms. The lowest BCUT2D eigenvalue weighted by molar-refractivity contribution is 0.238. The number of nitrogens with one attached hydrogen (secondary N) is 1. The molecule has 1 heterocycles. The van der Waals surface area contributed by atoms with Crippen LogP contribution in [-0.2, 0) is 0 Å². The van der Waals surface area contributed by atoms with Crippen LogP contribution in [0.15, 0.2) is 18.2 Å². The highest BCUT2D eigenvalue weighted by atomic mass is 16.5. The molecule has 3 nitrogen and oxygen atoms in total. The smallest absolute Gasteiger partial charge is 0.124 e. The molecule has 0 radical (unpaired) electrons. The number of benzene rings is 1. The summed E-state index contributed by atoms with van der Waals surface area (Å²) >= 11 is 0. The van der Waals surface area contributed by atoms with Gasteiger partial charge in [-0.05, 0) is 32.8 Å². The lowest BCUT2D eigenvalue weighted by Gasteiger charge is -2.22. The Bertz CT molecular complexity index is 378. The van der Waals surface area contributed by atoms with Gasteiger partial charge in [0.2, 0.25) is 0 Å². The Hall–Kier alpha value is -1.06. The minimum atomic E-state index is 0.117. The second kappa shape index (κ2) is 5.52. The van der Waals surface area contributed by atoms with Gasteiger partial charge in [-0.2, -0.15) is 0 Å². The van der Waals surface area contributed by atoms with Crippen molar-refractivity contribution in [3.63, 3.8) is 0 Å². The SMILES string of the molecule is Cc1ccc2c(c1)C(N[C@H](C)CO)CCCO2. The molecule has 1 unspecified atom stereocenters. The number of fused-ring (bicyclic) bond motifs is 1. The van der Waals surface area contributed by atoms with Crippen molar-refractivity contribution in [1.29, 1.82) is 0 Å². The van der Waals surface area contributed by atoms with Crippen LogP contribution in [0.5, 0.6) is 5.75 Å². The Balaban J connectivity index is 2.25. The molecule has 2 rings (SSSR count). The Labute approximate surface area is 103 Å². The van der Waals surface area contributed by atoms with Gasteiger partial charge in [0.05, 0.1) is 13.2 Å². The third-order valence-electron chi connectivity index (χ3n) is 3.19. The summed E-state index contributed by atoms with van der Waals surface area (Å²) in [5.74, 6) is 0.982. The van der Waals surface area contributed by atoms with Crippen molar-refractivity contribution in [2.75, 3.05) is 13.2 Å². The largest absolute Gasteiger partial charge is 0.493 e. The topological polar surface area (TPSA) is 41.5 Å². The van der Waals surface area contributed by atoms with Crippen molar-refractivity contribution >= 4 is 0 Å². The second-order valence-electron chi connectivity index (χ2n) is 4.83. The first kappa shape index (κ1) is 12.4. The first-order valence-corrected chi connectivity index (χ1v) is 6.31. The van der Waals surface area contributed by atoms with E-state index in [1.807, 2.05) is 13.0 Å². The molecule has 1 aliphatic rings. The first-order valence-electron chi connectivity index (χ1n) is 6.31. The molecule has 0 amide bonds.